The molecule has 132 valence electrons. The second-order valence-corrected chi connectivity index (χ2v) is 8.99. The van der Waals surface area contributed by atoms with Crippen molar-refractivity contribution in [1.29, 1.82) is 5.41 Å². The molecule has 0 aromatic heterocycles. The number of aliphatic hydroxyl groups is 1. The van der Waals surface area contributed by atoms with Gasteiger partial charge in [-0.3, -0.25) is 0 Å². The summed E-state index contributed by atoms with van der Waals surface area (Å²) >= 11 is 0. The lowest BCUT2D eigenvalue weighted by Crippen LogP contribution is -2.31. The maximum absolute atomic E-state index is 10.2. The number of allylic oxidation sites excluding steroid dienone is 2. The molecule has 3 atom stereocenters. The highest BCUT2D eigenvalue weighted by molar-refractivity contribution is 5.94. The summed E-state index contributed by atoms with van der Waals surface area (Å²) in [5, 5.41) is 18.1. The third kappa shape index (κ3) is 4.47. The zero-order chi connectivity index (χ0) is 17.1. The van der Waals surface area contributed by atoms with Crippen molar-refractivity contribution in [2.24, 2.45) is 16.7 Å². The summed E-state index contributed by atoms with van der Waals surface area (Å²) in [6, 6.07) is 0. The Kier molecular flexibility index (Phi) is 6.10. The highest BCUT2D eigenvalue weighted by Gasteiger charge is 2.42. The maximum atomic E-state index is 10.2. The van der Waals surface area contributed by atoms with E-state index in [4.69, 9.17) is 5.41 Å². The van der Waals surface area contributed by atoms with Crippen LogP contribution in [0.3, 0.4) is 0 Å². The van der Waals surface area contributed by atoms with E-state index in [1.807, 2.05) is 0 Å². The Labute approximate surface area is 143 Å². The van der Waals surface area contributed by atoms with Crippen molar-refractivity contribution in [3.63, 3.8) is 0 Å². The van der Waals surface area contributed by atoms with Gasteiger partial charge in [-0.05, 0) is 67.8 Å². The summed E-state index contributed by atoms with van der Waals surface area (Å²) in [4.78, 5) is 0. The Morgan fingerprint density at radius 2 is 1.83 bits per heavy atom. The summed E-state index contributed by atoms with van der Waals surface area (Å²) in [5.41, 5.74) is 2.75. The number of hydrogen-bond donors (Lipinski definition) is 2. The van der Waals surface area contributed by atoms with Gasteiger partial charge in [0.05, 0.1) is 6.10 Å². The van der Waals surface area contributed by atoms with Crippen molar-refractivity contribution in [2.75, 3.05) is 0 Å². The van der Waals surface area contributed by atoms with Gasteiger partial charge in [0.15, 0.2) is 0 Å². The summed E-state index contributed by atoms with van der Waals surface area (Å²) in [7, 11) is 0. The minimum Gasteiger partial charge on any atom is -0.393 e. The van der Waals surface area contributed by atoms with E-state index >= 15 is 0 Å². The number of rotatable bonds is 7. The molecule has 0 heterocycles. The van der Waals surface area contributed by atoms with Gasteiger partial charge in [-0.15, -0.1) is 0 Å². The summed E-state index contributed by atoms with van der Waals surface area (Å²) in [5.74, 6) is 0.664. The fourth-order valence-electron chi connectivity index (χ4n) is 4.48. The van der Waals surface area contributed by atoms with Gasteiger partial charge in [0, 0.05) is 5.71 Å². The molecule has 2 rings (SSSR count). The minimum atomic E-state index is -0.0864. The van der Waals surface area contributed by atoms with Crippen LogP contribution in [0.5, 0.6) is 0 Å². The molecule has 1 fully saturated rings. The van der Waals surface area contributed by atoms with E-state index in [1.165, 1.54) is 44.1 Å². The van der Waals surface area contributed by atoms with Crippen molar-refractivity contribution in [2.45, 2.75) is 98.0 Å². The molecule has 2 N–H and O–H groups in total. The van der Waals surface area contributed by atoms with Gasteiger partial charge in [0.1, 0.15) is 0 Å². The molecular formula is C21H37NO. The molecular weight excluding hydrogens is 282 g/mol. The quantitative estimate of drug-likeness (QED) is 0.564. The van der Waals surface area contributed by atoms with Gasteiger partial charge in [-0.2, -0.15) is 0 Å². The molecule has 0 aromatic rings. The summed E-state index contributed by atoms with van der Waals surface area (Å²) in [6.45, 7) is 9.25. The van der Waals surface area contributed by atoms with Crippen LogP contribution in [0.25, 0.3) is 0 Å². The zero-order valence-corrected chi connectivity index (χ0v) is 15.8. The molecule has 0 amide bonds. The van der Waals surface area contributed by atoms with Crippen molar-refractivity contribution >= 4 is 5.71 Å². The first kappa shape index (κ1) is 18.7. The molecule has 2 aliphatic rings. The monoisotopic (exact) mass is 319 g/mol. The molecule has 0 aliphatic heterocycles. The third-order valence-corrected chi connectivity index (χ3v) is 6.91. The standard InChI is InChI=1S/C21H37NO/c1-16-10-11-19(23)21(16,4)13-8-6-5-7-9-17-15-18(22)12-14-20(17,2)3/h15-16,19,22-23H,5-14H2,1-4H3/t16?,19-,21?/m1/s1. The van der Waals surface area contributed by atoms with Gasteiger partial charge < -0.3 is 10.5 Å². The molecule has 2 aliphatic carbocycles. The summed E-state index contributed by atoms with van der Waals surface area (Å²) in [6.07, 6.45) is 13.7. The molecule has 0 aromatic carbocycles. The van der Waals surface area contributed by atoms with Crippen LogP contribution in [0.4, 0.5) is 0 Å². The predicted octanol–water partition coefficient (Wildman–Crippen LogP) is 5.89. The normalized spacial score (nSPS) is 33.8. The molecule has 0 saturated heterocycles. The Morgan fingerprint density at radius 3 is 2.48 bits per heavy atom. The average Bonchev–Trinajstić information content (AvgIpc) is 2.74. The number of unbranched alkanes of at least 4 members (excludes halogenated alkanes) is 3. The van der Waals surface area contributed by atoms with E-state index < -0.39 is 0 Å². The van der Waals surface area contributed by atoms with Crippen molar-refractivity contribution < 1.29 is 5.11 Å². The number of nitrogens with one attached hydrogen (secondary N) is 1. The second kappa shape index (κ2) is 7.51. The van der Waals surface area contributed by atoms with Crippen molar-refractivity contribution in [3.8, 4) is 0 Å². The molecule has 1 saturated carbocycles. The fourth-order valence-corrected chi connectivity index (χ4v) is 4.48. The maximum Gasteiger partial charge on any atom is 0.0596 e. The van der Waals surface area contributed by atoms with Crippen LogP contribution in [-0.4, -0.2) is 16.9 Å². The van der Waals surface area contributed by atoms with E-state index in [1.54, 1.807) is 0 Å². The zero-order valence-electron chi connectivity index (χ0n) is 15.8. The highest BCUT2D eigenvalue weighted by atomic mass is 16.3. The van der Waals surface area contributed by atoms with Crippen LogP contribution in [0.15, 0.2) is 11.6 Å². The average molecular weight is 320 g/mol. The molecule has 0 radical (unpaired) electrons. The lowest BCUT2D eigenvalue weighted by atomic mass is 9.73. The van der Waals surface area contributed by atoms with Gasteiger partial charge in [-0.25, -0.2) is 0 Å². The van der Waals surface area contributed by atoms with Crippen LogP contribution < -0.4 is 0 Å². The Hall–Kier alpha value is -0.630. The second-order valence-electron chi connectivity index (χ2n) is 8.99. The molecule has 2 nitrogen and oxygen atoms in total. The predicted molar refractivity (Wildman–Crippen MR) is 99.0 cm³/mol. The van der Waals surface area contributed by atoms with E-state index in [0.717, 1.165) is 31.4 Å². The van der Waals surface area contributed by atoms with Crippen LogP contribution in [0, 0.1) is 22.2 Å². The first-order valence-electron chi connectivity index (χ1n) is 9.72. The Morgan fingerprint density at radius 1 is 1.13 bits per heavy atom. The van der Waals surface area contributed by atoms with Gasteiger partial charge in [-0.1, -0.05) is 52.5 Å². The smallest absolute Gasteiger partial charge is 0.0596 e. The SMILES string of the molecule is CC1CC[C@@H](O)C1(C)CCCCCCC1=CC(=N)CCC1(C)C. The van der Waals surface area contributed by atoms with Crippen molar-refractivity contribution in [3.05, 3.63) is 11.6 Å². The van der Waals surface area contributed by atoms with Gasteiger partial charge >= 0.3 is 0 Å². The first-order valence-corrected chi connectivity index (χ1v) is 9.72. The molecule has 2 heteroatoms. The molecule has 0 spiro atoms. The van der Waals surface area contributed by atoms with E-state index in [-0.39, 0.29) is 11.5 Å². The number of aliphatic hydroxyl groups excluding tert-OH is 1. The molecule has 0 bridgehead atoms. The lowest BCUT2D eigenvalue weighted by Gasteiger charge is -2.33. The number of hydrogen-bond acceptors (Lipinski definition) is 2. The van der Waals surface area contributed by atoms with Crippen LogP contribution in [0.1, 0.15) is 91.9 Å². The Bertz CT molecular complexity index is 439. The van der Waals surface area contributed by atoms with Crippen LogP contribution in [0.2, 0.25) is 0 Å². The fraction of sp³-hybridized carbons (Fsp3) is 0.857. The third-order valence-electron chi connectivity index (χ3n) is 6.91. The van der Waals surface area contributed by atoms with E-state index in [0.29, 0.717) is 11.3 Å². The van der Waals surface area contributed by atoms with Crippen LogP contribution in [-0.2, 0) is 0 Å². The topological polar surface area (TPSA) is 44.1 Å². The molecule has 23 heavy (non-hydrogen) atoms. The lowest BCUT2D eigenvalue weighted by molar-refractivity contribution is 0.0348. The van der Waals surface area contributed by atoms with E-state index in [2.05, 4.69) is 33.8 Å². The van der Waals surface area contributed by atoms with Gasteiger partial charge in [0.25, 0.3) is 0 Å². The highest BCUT2D eigenvalue weighted by Crippen LogP contribution is 2.46. The van der Waals surface area contributed by atoms with Crippen molar-refractivity contribution in [1.82, 2.24) is 0 Å². The minimum absolute atomic E-state index is 0.0864. The van der Waals surface area contributed by atoms with Crippen LogP contribution >= 0.6 is 0 Å². The van der Waals surface area contributed by atoms with Gasteiger partial charge in [0.2, 0.25) is 0 Å². The Balaban J connectivity index is 1.67. The van der Waals surface area contributed by atoms with E-state index in [9.17, 15) is 5.11 Å². The first-order chi connectivity index (χ1) is 10.8. The largest absolute Gasteiger partial charge is 0.393 e. The summed E-state index contributed by atoms with van der Waals surface area (Å²) < 4.78 is 0. The molecule has 2 unspecified atom stereocenters.